The Hall–Kier alpha value is -1.59. The number of nitrogens with one attached hydrogen (secondary N) is 2. The van der Waals surface area contributed by atoms with Crippen LogP contribution in [0.5, 0.6) is 0 Å². The number of primary amides is 1. The average Bonchev–Trinajstić information content (AvgIpc) is 2.31. The third kappa shape index (κ3) is 5.28. The van der Waals surface area contributed by atoms with Crippen LogP contribution < -0.4 is 16.4 Å². The summed E-state index contributed by atoms with van der Waals surface area (Å²) in [5.41, 5.74) is 5.87. The maximum Gasteiger partial charge on any atom is 0.248 e. The minimum Gasteiger partial charge on any atom is -0.366 e. The maximum atomic E-state index is 11.7. The molecule has 0 spiro atoms. The first-order valence-electron chi connectivity index (χ1n) is 6.02. The molecule has 104 valence electrons. The molecule has 0 atom stereocenters. The Bertz CT molecular complexity index is 475. The molecule has 0 heterocycles. The van der Waals surface area contributed by atoms with Gasteiger partial charge in [-0.2, -0.15) is 0 Å². The summed E-state index contributed by atoms with van der Waals surface area (Å²) in [7, 11) is 0. The Morgan fingerprint density at radius 1 is 1.37 bits per heavy atom. The molecule has 19 heavy (non-hydrogen) atoms. The molecule has 0 unspecified atom stereocenters. The average molecular weight is 284 g/mol. The van der Waals surface area contributed by atoms with E-state index in [1.165, 1.54) is 18.2 Å². The van der Waals surface area contributed by atoms with Crippen molar-refractivity contribution < 1.29 is 9.59 Å². The topological polar surface area (TPSA) is 84.2 Å². The zero-order chi connectivity index (χ0) is 14.4. The number of rotatable bonds is 6. The lowest BCUT2D eigenvalue weighted by Gasteiger charge is -2.10. The number of carbonyl (C=O) groups excluding carboxylic acids is 2. The number of nitrogens with two attached hydrogens (primary N) is 1. The van der Waals surface area contributed by atoms with Gasteiger partial charge in [-0.3, -0.25) is 9.59 Å². The molecule has 0 saturated heterocycles. The van der Waals surface area contributed by atoms with E-state index in [1.54, 1.807) is 0 Å². The van der Waals surface area contributed by atoms with Gasteiger partial charge in [0.15, 0.2) is 0 Å². The summed E-state index contributed by atoms with van der Waals surface area (Å²) in [6.45, 7) is 4.59. The molecule has 6 heteroatoms. The van der Waals surface area contributed by atoms with Crippen LogP contribution >= 0.6 is 11.6 Å². The normalized spacial score (nSPS) is 10.5. The zero-order valence-corrected chi connectivity index (χ0v) is 11.8. The zero-order valence-electron chi connectivity index (χ0n) is 11.0. The second-order valence-electron chi connectivity index (χ2n) is 4.47. The number of halogens is 1. The van der Waals surface area contributed by atoms with Crippen LogP contribution in [0.2, 0.25) is 5.02 Å². The quantitative estimate of drug-likeness (QED) is 0.744. The van der Waals surface area contributed by atoms with Gasteiger partial charge < -0.3 is 16.4 Å². The highest BCUT2D eigenvalue weighted by molar-refractivity contribution is 6.33. The van der Waals surface area contributed by atoms with Crippen LogP contribution in [-0.4, -0.2) is 24.4 Å². The van der Waals surface area contributed by atoms with Gasteiger partial charge in [0, 0.05) is 24.6 Å². The first-order chi connectivity index (χ1) is 8.90. The Kier molecular flexibility index (Phi) is 5.79. The number of carbonyl (C=O) groups is 2. The summed E-state index contributed by atoms with van der Waals surface area (Å²) in [6, 6.07) is 4.84. The highest BCUT2D eigenvalue weighted by Gasteiger charge is 2.09. The molecule has 0 fully saturated rings. The smallest absolute Gasteiger partial charge is 0.248 e. The minimum atomic E-state index is -0.561. The fraction of sp³-hybridized carbons (Fsp3) is 0.385. The number of anilines is 1. The van der Waals surface area contributed by atoms with Crippen LogP contribution in [0.3, 0.4) is 0 Å². The van der Waals surface area contributed by atoms with Gasteiger partial charge in [-0.05, 0) is 18.2 Å². The lowest BCUT2D eigenvalue weighted by Crippen LogP contribution is -2.27. The Labute approximate surface area is 117 Å². The van der Waals surface area contributed by atoms with Crippen LogP contribution in [0.15, 0.2) is 18.2 Å². The number of hydrogen-bond acceptors (Lipinski definition) is 3. The van der Waals surface area contributed by atoms with Crippen LogP contribution in [0.25, 0.3) is 0 Å². The van der Waals surface area contributed by atoms with Crippen molar-refractivity contribution >= 4 is 29.1 Å². The summed E-state index contributed by atoms with van der Waals surface area (Å²) in [5, 5.41) is 6.17. The third-order valence-electron chi connectivity index (χ3n) is 2.43. The summed E-state index contributed by atoms with van der Waals surface area (Å²) in [4.78, 5) is 22.8. The summed E-state index contributed by atoms with van der Waals surface area (Å²) >= 11 is 5.95. The van der Waals surface area contributed by atoms with Crippen molar-refractivity contribution in [2.24, 2.45) is 5.73 Å². The van der Waals surface area contributed by atoms with E-state index in [0.29, 0.717) is 35.3 Å². The van der Waals surface area contributed by atoms with Crippen molar-refractivity contribution in [2.75, 3.05) is 11.9 Å². The second-order valence-corrected chi connectivity index (χ2v) is 4.87. The molecular formula is C13H18ClN3O2. The fourth-order valence-electron chi connectivity index (χ4n) is 1.46. The van der Waals surface area contributed by atoms with E-state index >= 15 is 0 Å². The SMILES string of the molecule is CC(C)NCCC(=O)Nc1cc(C(N)=O)ccc1Cl. The summed E-state index contributed by atoms with van der Waals surface area (Å²) in [6.07, 6.45) is 0.329. The highest BCUT2D eigenvalue weighted by Crippen LogP contribution is 2.23. The van der Waals surface area contributed by atoms with E-state index in [0.717, 1.165) is 0 Å². The van der Waals surface area contributed by atoms with Crippen LogP contribution in [0.1, 0.15) is 30.6 Å². The van der Waals surface area contributed by atoms with E-state index in [9.17, 15) is 9.59 Å². The molecule has 0 radical (unpaired) electrons. The van der Waals surface area contributed by atoms with Gasteiger partial charge in [-0.1, -0.05) is 25.4 Å². The minimum absolute atomic E-state index is 0.170. The van der Waals surface area contributed by atoms with Crippen molar-refractivity contribution in [3.8, 4) is 0 Å². The molecule has 1 aromatic rings. The van der Waals surface area contributed by atoms with Gasteiger partial charge >= 0.3 is 0 Å². The molecule has 0 saturated carbocycles. The van der Waals surface area contributed by atoms with Crippen molar-refractivity contribution in [1.29, 1.82) is 0 Å². The largest absolute Gasteiger partial charge is 0.366 e. The Balaban J connectivity index is 2.63. The lowest BCUT2D eigenvalue weighted by atomic mass is 10.2. The van der Waals surface area contributed by atoms with Crippen LogP contribution in [-0.2, 0) is 4.79 Å². The molecular weight excluding hydrogens is 266 g/mol. The van der Waals surface area contributed by atoms with E-state index in [-0.39, 0.29) is 5.91 Å². The van der Waals surface area contributed by atoms with E-state index in [1.807, 2.05) is 13.8 Å². The van der Waals surface area contributed by atoms with Crippen molar-refractivity contribution in [1.82, 2.24) is 5.32 Å². The molecule has 1 aromatic carbocycles. The van der Waals surface area contributed by atoms with Crippen LogP contribution in [0, 0.1) is 0 Å². The van der Waals surface area contributed by atoms with Crippen LogP contribution in [0.4, 0.5) is 5.69 Å². The maximum absolute atomic E-state index is 11.7. The lowest BCUT2D eigenvalue weighted by molar-refractivity contribution is -0.116. The molecule has 5 nitrogen and oxygen atoms in total. The van der Waals surface area contributed by atoms with Crippen molar-refractivity contribution in [3.05, 3.63) is 28.8 Å². The summed E-state index contributed by atoms with van der Waals surface area (Å²) in [5.74, 6) is -0.731. The fourth-order valence-corrected chi connectivity index (χ4v) is 1.63. The second kappa shape index (κ2) is 7.11. The highest BCUT2D eigenvalue weighted by atomic mass is 35.5. The first-order valence-corrected chi connectivity index (χ1v) is 6.40. The molecule has 0 aromatic heterocycles. The number of benzene rings is 1. The summed E-state index contributed by atoms with van der Waals surface area (Å²) < 4.78 is 0. The monoisotopic (exact) mass is 283 g/mol. The van der Waals surface area contributed by atoms with Crippen molar-refractivity contribution in [2.45, 2.75) is 26.3 Å². The first kappa shape index (κ1) is 15.5. The van der Waals surface area contributed by atoms with E-state index in [4.69, 9.17) is 17.3 Å². The van der Waals surface area contributed by atoms with Crippen molar-refractivity contribution in [3.63, 3.8) is 0 Å². The molecule has 0 bridgehead atoms. The molecule has 1 rings (SSSR count). The van der Waals surface area contributed by atoms with Gasteiger partial charge in [0.2, 0.25) is 11.8 Å². The molecule has 0 aliphatic carbocycles. The molecule has 2 amide bonds. The molecule has 0 aliphatic heterocycles. The number of amides is 2. The molecule has 4 N–H and O–H groups in total. The van der Waals surface area contributed by atoms with Gasteiger partial charge in [-0.15, -0.1) is 0 Å². The molecule has 0 aliphatic rings. The standard InChI is InChI=1S/C13H18ClN3O2/c1-8(2)16-6-5-12(18)17-11-7-9(13(15)19)3-4-10(11)14/h3-4,7-8,16H,5-6H2,1-2H3,(H2,15,19)(H,17,18). The Morgan fingerprint density at radius 2 is 2.05 bits per heavy atom. The van der Waals surface area contributed by atoms with Gasteiger partial charge in [0.1, 0.15) is 0 Å². The predicted octanol–water partition coefficient (Wildman–Crippen LogP) is 1.77. The van der Waals surface area contributed by atoms with E-state index in [2.05, 4.69) is 10.6 Å². The van der Waals surface area contributed by atoms with Gasteiger partial charge in [0.05, 0.1) is 10.7 Å². The third-order valence-corrected chi connectivity index (χ3v) is 2.76. The Morgan fingerprint density at radius 3 is 2.63 bits per heavy atom. The predicted molar refractivity (Wildman–Crippen MR) is 76.4 cm³/mol. The van der Waals surface area contributed by atoms with E-state index < -0.39 is 5.91 Å². The number of hydrogen-bond donors (Lipinski definition) is 3. The van der Waals surface area contributed by atoms with Gasteiger partial charge in [-0.25, -0.2) is 0 Å². The van der Waals surface area contributed by atoms with Gasteiger partial charge in [0.25, 0.3) is 0 Å².